The highest BCUT2D eigenvalue weighted by Crippen LogP contribution is 2.27. The van der Waals surface area contributed by atoms with Crippen molar-refractivity contribution in [1.29, 1.82) is 0 Å². The number of nitrogens with zero attached hydrogens (tertiary/aromatic N) is 2. The zero-order chi connectivity index (χ0) is 16.1. The molecule has 1 aromatic carbocycles. The quantitative estimate of drug-likeness (QED) is 0.837. The first-order chi connectivity index (χ1) is 11.3. The maximum absolute atomic E-state index is 12.2. The van der Waals surface area contributed by atoms with Gasteiger partial charge in [0.05, 0.1) is 0 Å². The zero-order valence-corrected chi connectivity index (χ0v) is 14.1. The number of amides is 2. The van der Waals surface area contributed by atoms with Gasteiger partial charge >= 0.3 is 6.03 Å². The van der Waals surface area contributed by atoms with E-state index in [-0.39, 0.29) is 6.03 Å². The monoisotopic (exact) mass is 327 g/mol. The number of carbonyl (C=O) groups excluding carboxylic acids is 1. The number of pyridine rings is 1. The van der Waals surface area contributed by atoms with Crippen LogP contribution in [0.5, 0.6) is 0 Å². The van der Waals surface area contributed by atoms with Crippen molar-refractivity contribution in [2.75, 3.05) is 24.2 Å². The zero-order valence-electron chi connectivity index (χ0n) is 13.2. The number of anilines is 1. The minimum Gasteiger partial charge on any atom is -0.323 e. The van der Waals surface area contributed by atoms with E-state index >= 15 is 0 Å². The average molecular weight is 327 g/mol. The first-order valence-corrected chi connectivity index (χ1v) is 8.93. The van der Waals surface area contributed by atoms with Crippen LogP contribution in [0, 0.1) is 0 Å². The van der Waals surface area contributed by atoms with Crippen LogP contribution in [0.25, 0.3) is 0 Å². The Balaban J connectivity index is 1.49. The fourth-order valence-corrected chi connectivity index (χ4v) is 3.30. The number of urea groups is 1. The van der Waals surface area contributed by atoms with Gasteiger partial charge in [0.25, 0.3) is 0 Å². The number of thioether (sulfide) groups is 1. The van der Waals surface area contributed by atoms with Crippen molar-refractivity contribution >= 4 is 23.5 Å². The Kier molecular flexibility index (Phi) is 5.18. The predicted octanol–water partition coefficient (Wildman–Crippen LogP) is 4.22. The van der Waals surface area contributed by atoms with Crippen molar-refractivity contribution in [3.63, 3.8) is 0 Å². The standard InChI is InChI=1S/C18H21N3OS/c1-2-10-23-17-7-5-16(6-8-17)20-18(22)21-12-15(13-21)14-4-3-9-19-11-14/h3-9,11,15H,2,10,12-13H2,1H3,(H,20,22). The second kappa shape index (κ2) is 7.51. The lowest BCUT2D eigenvalue weighted by atomic mass is 9.93. The van der Waals surface area contributed by atoms with Crippen molar-refractivity contribution in [2.24, 2.45) is 0 Å². The molecule has 23 heavy (non-hydrogen) atoms. The van der Waals surface area contributed by atoms with E-state index in [2.05, 4.69) is 35.4 Å². The summed E-state index contributed by atoms with van der Waals surface area (Å²) >= 11 is 1.84. The van der Waals surface area contributed by atoms with E-state index in [0.717, 1.165) is 31.0 Å². The average Bonchev–Trinajstić information content (AvgIpc) is 2.54. The number of rotatable bonds is 5. The smallest absolute Gasteiger partial charge is 0.321 e. The Bertz CT molecular complexity index is 639. The Morgan fingerprint density at radius 3 is 2.74 bits per heavy atom. The summed E-state index contributed by atoms with van der Waals surface area (Å²) in [5, 5.41) is 2.96. The Morgan fingerprint density at radius 1 is 1.30 bits per heavy atom. The minimum atomic E-state index is -0.0286. The van der Waals surface area contributed by atoms with Gasteiger partial charge in [-0.1, -0.05) is 13.0 Å². The summed E-state index contributed by atoms with van der Waals surface area (Å²) in [6.07, 6.45) is 4.82. The molecule has 0 unspecified atom stereocenters. The van der Waals surface area contributed by atoms with Gasteiger partial charge in [0, 0.05) is 42.0 Å². The van der Waals surface area contributed by atoms with Gasteiger partial charge in [-0.05, 0) is 48.1 Å². The number of benzene rings is 1. The van der Waals surface area contributed by atoms with Crippen LogP contribution < -0.4 is 5.32 Å². The highest BCUT2D eigenvalue weighted by Gasteiger charge is 2.31. The van der Waals surface area contributed by atoms with E-state index in [0.29, 0.717) is 5.92 Å². The maximum Gasteiger partial charge on any atom is 0.321 e. The molecule has 0 spiro atoms. The molecule has 4 nitrogen and oxygen atoms in total. The highest BCUT2D eigenvalue weighted by atomic mass is 32.2. The summed E-state index contributed by atoms with van der Waals surface area (Å²) < 4.78 is 0. The molecule has 0 bridgehead atoms. The van der Waals surface area contributed by atoms with Crippen LogP contribution in [-0.4, -0.2) is 34.8 Å². The molecule has 0 atom stereocenters. The second-order valence-electron chi connectivity index (χ2n) is 5.69. The number of aromatic nitrogens is 1. The maximum atomic E-state index is 12.2. The van der Waals surface area contributed by atoms with Crippen LogP contribution in [0.3, 0.4) is 0 Å². The predicted molar refractivity (Wildman–Crippen MR) is 95.0 cm³/mol. The highest BCUT2D eigenvalue weighted by molar-refractivity contribution is 7.99. The molecule has 0 aliphatic carbocycles. The minimum absolute atomic E-state index is 0.0286. The van der Waals surface area contributed by atoms with Gasteiger partial charge in [0.2, 0.25) is 0 Å². The Hall–Kier alpha value is -2.01. The van der Waals surface area contributed by atoms with Gasteiger partial charge in [-0.2, -0.15) is 0 Å². The molecule has 0 saturated carbocycles. The van der Waals surface area contributed by atoms with Gasteiger partial charge in [-0.15, -0.1) is 11.8 Å². The number of hydrogen-bond acceptors (Lipinski definition) is 3. The van der Waals surface area contributed by atoms with Crippen LogP contribution in [0.15, 0.2) is 53.7 Å². The first kappa shape index (κ1) is 15.9. The Labute approximate surface area is 141 Å². The lowest BCUT2D eigenvalue weighted by Crippen LogP contribution is -2.50. The van der Waals surface area contributed by atoms with Crippen molar-refractivity contribution in [2.45, 2.75) is 24.2 Å². The molecule has 2 heterocycles. The third kappa shape index (κ3) is 4.05. The summed E-state index contributed by atoms with van der Waals surface area (Å²) in [5.74, 6) is 1.53. The van der Waals surface area contributed by atoms with Crippen LogP contribution in [-0.2, 0) is 0 Å². The molecule has 1 N–H and O–H groups in total. The molecule has 1 saturated heterocycles. The molecule has 1 aliphatic heterocycles. The largest absolute Gasteiger partial charge is 0.323 e. The lowest BCUT2D eigenvalue weighted by Gasteiger charge is -2.39. The molecule has 1 fully saturated rings. The number of hydrogen-bond donors (Lipinski definition) is 1. The Morgan fingerprint density at radius 2 is 2.09 bits per heavy atom. The fourth-order valence-electron chi connectivity index (χ4n) is 2.53. The third-order valence-corrected chi connectivity index (χ3v) is 5.12. The number of likely N-dealkylation sites (tertiary alicyclic amines) is 1. The van der Waals surface area contributed by atoms with Crippen LogP contribution in [0.1, 0.15) is 24.8 Å². The van der Waals surface area contributed by atoms with E-state index in [1.54, 1.807) is 6.20 Å². The molecule has 120 valence electrons. The summed E-state index contributed by atoms with van der Waals surface area (Å²) in [6, 6.07) is 12.0. The number of nitrogens with one attached hydrogen (secondary N) is 1. The van der Waals surface area contributed by atoms with Crippen molar-refractivity contribution in [3.8, 4) is 0 Å². The molecule has 2 aromatic rings. The fraction of sp³-hybridized carbons (Fsp3) is 0.333. The second-order valence-corrected chi connectivity index (χ2v) is 6.86. The summed E-state index contributed by atoms with van der Waals surface area (Å²) in [7, 11) is 0. The van der Waals surface area contributed by atoms with E-state index in [1.165, 1.54) is 10.5 Å². The van der Waals surface area contributed by atoms with Gasteiger partial charge in [-0.25, -0.2) is 4.79 Å². The molecule has 2 amide bonds. The first-order valence-electron chi connectivity index (χ1n) is 7.95. The van der Waals surface area contributed by atoms with Crippen LogP contribution in [0.4, 0.5) is 10.5 Å². The van der Waals surface area contributed by atoms with Crippen molar-refractivity contribution in [3.05, 3.63) is 54.4 Å². The van der Waals surface area contributed by atoms with E-state index in [9.17, 15) is 4.79 Å². The molecule has 1 aliphatic rings. The molecular weight excluding hydrogens is 306 g/mol. The molecule has 1 aromatic heterocycles. The summed E-state index contributed by atoms with van der Waals surface area (Å²) in [6.45, 7) is 3.68. The topological polar surface area (TPSA) is 45.2 Å². The van der Waals surface area contributed by atoms with Crippen LogP contribution in [0.2, 0.25) is 0 Å². The molecular formula is C18H21N3OS. The summed E-state index contributed by atoms with van der Waals surface area (Å²) in [5.41, 5.74) is 2.05. The normalized spacial score (nSPS) is 14.4. The number of carbonyl (C=O) groups is 1. The molecule has 3 rings (SSSR count). The molecule has 0 radical (unpaired) electrons. The lowest BCUT2D eigenvalue weighted by molar-refractivity contribution is 0.164. The van der Waals surface area contributed by atoms with E-state index in [1.807, 2.05) is 41.1 Å². The van der Waals surface area contributed by atoms with Crippen molar-refractivity contribution < 1.29 is 4.79 Å². The third-order valence-electron chi connectivity index (χ3n) is 3.90. The molecule has 5 heteroatoms. The SMILES string of the molecule is CCCSc1ccc(NC(=O)N2CC(c3cccnc3)C2)cc1. The van der Waals surface area contributed by atoms with Crippen molar-refractivity contribution in [1.82, 2.24) is 9.88 Å². The summed E-state index contributed by atoms with van der Waals surface area (Å²) in [4.78, 5) is 19.4. The van der Waals surface area contributed by atoms with E-state index < -0.39 is 0 Å². The van der Waals surface area contributed by atoms with E-state index in [4.69, 9.17) is 0 Å². The van der Waals surface area contributed by atoms with Gasteiger partial charge in [-0.3, -0.25) is 4.98 Å². The van der Waals surface area contributed by atoms with Gasteiger partial charge in [0.15, 0.2) is 0 Å². The van der Waals surface area contributed by atoms with Gasteiger partial charge < -0.3 is 10.2 Å². The van der Waals surface area contributed by atoms with Gasteiger partial charge in [0.1, 0.15) is 0 Å². The van der Waals surface area contributed by atoms with Crippen LogP contribution >= 0.6 is 11.8 Å².